The quantitative estimate of drug-likeness (QED) is 0.770. The third-order valence-electron chi connectivity index (χ3n) is 3.58. The van der Waals surface area contributed by atoms with Crippen molar-refractivity contribution >= 4 is 28.6 Å². The molecule has 1 atom stereocenters. The van der Waals surface area contributed by atoms with Gasteiger partial charge in [0.1, 0.15) is 0 Å². The summed E-state index contributed by atoms with van der Waals surface area (Å²) >= 11 is 8.01. The van der Waals surface area contributed by atoms with Crippen molar-refractivity contribution in [1.82, 2.24) is 0 Å². The molecular formula is C15H16ClNS. The number of anilines is 1. The summed E-state index contributed by atoms with van der Waals surface area (Å²) in [6.45, 7) is 6.49. The molecule has 0 saturated carbocycles. The fourth-order valence-corrected chi connectivity index (χ4v) is 4.09. The van der Waals surface area contributed by atoms with Gasteiger partial charge in [0.25, 0.3) is 0 Å². The summed E-state index contributed by atoms with van der Waals surface area (Å²) in [5.41, 5.74) is 5.29. The molecule has 0 amide bonds. The van der Waals surface area contributed by atoms with Crippen molar-refractivity contribution < 1.29 is 0 Å². The normalized spacial score (nSPS) is 17.7. The van der Waals surface area contributed by atoms with Crippen LogP contribution in [0.15, 0.2) is 18.2 Å². The Labute approximate surface area is 117 Å². The second-order valence-electron chi connectivity index (χ2n) is 5.03. The van der Waals surface area contributed by atoms with Crippen molar-refractivity contribution in [3.05, 3.63) is 49.7 Å². The molecule has 0 radical (unpaired) electrons. The first-order valence-corrected chi connectivity index (χ1v) is 7.36. The average molecular weight is 278 g/mol. The number of fused-ring (bicyclic) bond motifs is 1. The van der Waals surface area contributed by atoms with Gasteiger partial charge in [-0.15, -0.1) is 11.3 Å². The summed E-state index contributed by atoms with van der Waals surface area (Å²) in [5, 5.41) is 4.49. The summed E-state index contributed by atoms with van der Waals surface area (Å²) in [5.74, 6) is 0. The number of thiophene rings is 1. The number of hydrogen-bond acceptors (Lipinski definition) is 2. The van der Waals surface area contributed by atoms with E-state index >= 15 is 0 Å². The summed E-state index contributed by atoms with van der Waals surface area (Å²) in [6, 6.07) is 6.83. The van der Waals surface area contributed by atoms with Crippen LogP contribution in [-0.4, -0.2) is 0 Å². The first-order valence-electron chi connectivity index (χ1n) is 6.17. The smallest absolute Gasteiger partial charge is 0.0566 e. The lowest BCUT2D eigenvalue weighted by molar-refractivity contribution is 0.822. The molecule has 1 unspecified atom stereocenters. The van der Waals surface area contributed by atoms with E-state index in [2.05, 4.69) is 38.2 Å². The number of aryl methyl sites for hydroxylation is 3. The van der Waals surface area contributed by atoms with Crippen molar-refractivity contribution in [3.63, 3.8) is 0 Å². The number of halogens is 1. The number of hydrogen-bond donors (Lipinski definition) is 1. The van der Waals surface area contributed by atoms with Crippen molar-refractivity contribution in [2.45, 2.75) is 33.2 Å². The van der Waals surface area contributed by atoms with E-state index in [1.165, 1.54) is 32.1 Å². The zero-order valence-corrected chi connectivity index (χ0v) is 12.4. The lowest BCUT2D eigenvalue weighted by Crippen LogP contribution is -2.05. The predicted molar refractivity (Wildman–Crippen MR) is 80.0 cm³/mol. The van der Waals surface area contributed by atoms with Crippen LogP contribution < -0.4 is 5.32 Å². The molecule has 1 nitrogen and oxygen atoms in total. The first kappa shape index (κ1) is 12.1. The molecule has 94 valence electrons. The van der Waals surface area contributed by atoms with Crippen LogP contribution in [0.3, 0.4) is 0 Å². The molecule has 1 aliphatic heterocycles. The minimum absolute atomic E-state index is 0.405. The topological polar surface area (TPSA) is 12.0 Å². The predicted octanol–water partition coefficient (Wildman–Crippen LogP) is 5.04. The number of nitrogens with one attached hydrogen (secondary N) is 1. The van der Waals surface area contributed by atoms with Gasteiger partial charge in [0, 0.05) is 20.5 Å². The maximum Gasteiger partial charge on any atom is 0.0566 e. The van der Waals surface area contributed by atoms with Crippen molar-refractivity contribution in [1.29, 1.82) is 0 Å². The Bertz CT molecular complexity index is 615. The molecule has 0 fully saturated rings. The van der Waals surface area contributed by atoms with E-state index in [0.717, 1.165) is 11.4 Å². The lowest BCUT2D eigenvalue weighted by atomic mass is 10.0. The highest BCUT2D eigenvalue weighted by Crippen LogP contribution is 2.40. The lowest BCUT2D eigenvalue weighted by Gasteiger charge is -2.11. The van der Waals surface area contributed by atoms with E-state index in [1.807, 2.05) is 17.4 Å². The van der Waals surface area contributed by atoms with Crippen LogP contribution in [0.1, 0.15) is 32.5 Å². The largest absolute Gasteiger partial charge is 0.377 e. The van der Waals surface area contributed by atoms with Crippen LogP contribution in [-0.2, 0) is 6.42 Å². The second kappa shape index (κ2) is 4.29. The van der Waals surface area contributed by atoms with E-state index < -0.39 is 0 Å². The van der Waals surface area contributed by atoms with Crippen LogP contribution in [0.4, 0.5) is 5.69 Å². The molecule has 0 spiro atoms. The van der Waals surface area contributed by atoms with Crippen LogP contribution in [0.2, 0.25) is 5.02 Å². The maximum atomic E-state index is 6.13. The SMILES string of the molecule is Cc1cc(C2Cc3cc(Cl)cc(C)c3N2)c(C)s1. The highest BCUT2D eigenvalue weighted by molar-refractivity contribution is 7.12. The Kier molecular flexibility index (Phi) is 2.87. The van der Waals surface area contributed by atoms with Crippen LogP contribution in [0, 0.1) is 20.8 Å². The third-order valence-corrected chi connectivity index (χ3v) is 4.78. The Balaban J connectivity index is 1.98. The van der Waals surface area contributed by atoms with Gasteiger partial charge in [-0.05, 0) is 62.1 Å². The zero-order valence-electron chi connectivity index (χ0n) is 10.8. The molecule has 18 heavy (non-hydrogen) atoms. The molecular weight excluding hydrogens is 262 g/mol. The maximum absolute atomic E-state index is 6.13. The Morgan fingerprint density at radius 1 is 1.22 bits per heavy atom. The first-order chi connectivity index (χ1) is 8.54. The van der Waals surface area contributed by atoms with Gasteiger partial charge in [0.2, 0.25) is 0 Å². The van der Waals surface area contributed by atoms with E-state index in [0.29, 0.717) is 6.04 Å². The Morgan fingerprint density at radius 2 is 2.00 bits per heavy atom. The summed E-state index contributed by atoms with van der Waals surface area (Å²) in [4.78, 5) is 2.80. The monoisotopic (exact) mass is 277 g/mol. The third kappa shape index (κ3) is 1.94. The van der Waals surface area contributed by atoms with E-state index in [-0.39, 0.29) is 0 Å². The number of benzene rings is 1. The molecule has 3 heteroatoms. The summed E-state index contributed by atoms with van der Waals surface area (Å²) in [6.07, 6.45) is 1.04. The van der Waals surface area contributed by atoms with Crippen molar-refractivity contribution in [3.8, 4) is 0 Å². The summed E-state index contributed by atoms with van der Waals surface area (Å²) < 4.78 is 0. The number of rotatable bonds is 1. The Hall–Kier alpha value is -0.990. The van der Waals surface area contributed by atoms with E-state index in [1.54, 1.807) is 0 Å². The molecule has 0 saturated heterocycles. The standard InChI is InChI=1S/C15H16ClNS/c1-8-4-12(16)6-11-7-14(17-15(8)11)13-5-9(2)18-10(13)3/h4-6,14,17H,7H2,1-3H3. The van der Waals surface area contributed by atoms with Gasteiger partial charge in [-0.3, -0.25) is 0 Å². The van der Waals surface area contributed by atoms with Crippen LogP contribution in [0.5, 0.6) is 0 Å². The van der Waals surface area contributed by atoms with Gasteiger partial charge in [0.15, 0.2) is 0 Å². The van der Waals surface area contributed by atoms with Gasteiger partial charge in [-0.1, -0.05) is 11.6 Å². The van der Waals surface area contributed by atoms with Gasteiger partial charge >= 0.3 is 0 Å². The van der Waals surface area contributed by atoms with Crippen molar-refractivity contribution in [2.75, 3.05) is 5.32 Å². The minimum Gasteiger partial charge on any atom is -0.377 e. The van der Waals surface area contributed by atoms with Crippen LogP contribution >= 0.6 is 22.9 Å². The molecule has 2 aromatic rings. The molecule has 1 N–H and O–H groups in total. The highest BCUT2D eigenvalue weighted by atomic mass is 35.5. The van der Waals surface area contributed by atoms with Gasteiger partial charge < -0.3 is 5.32 Å². The summed E-state index contributed by atoms with van der Waals surface area (Å²) in [7, 11) is 0. The van der Waals surface area contributed by atoms with Gasteiger partial charge in [0.05, 0.1) is 6.04 Å². The fourth-order valence-electron chi connectivity index (χ4n) is 2.81. The van der Waals surface area contributed by atoms with E-state index in [9.17, 15) is 0 Å². The molecule has 0 bridgehead atoms. The highest BCUT2D eigenvalue weighted by Gasteiger charge is 2.25. The molecule has 1 aromatic carbocycles. The average Bonchev–Trinajstić information content (AvgIpc) is 2.81. The molecule has 1 aromatic heterocycles. The molecule has 0 aliphatic carbocycles. The van der Waals surface area contributed by atoms with Gasteiger partial charge in [-0.25, -0.2) is 0 Å². The fraction of sp³-hybridized carbons (Fsp3) is 0.333. The minimum atomic E-state index is 0.405. The molecule has 1 aliphatic rings. The molecule has 3 rings (SSSR count). The van der Waals surface area contributed by atoms with Gasteiger partial charge in [-0.2, -0.15) is 0 Å². The second-order valence-corrected chi connectivity index (χ2v) is 6.92. The van der Waals surface area contributed by atoms with E-state index in [4.69, 9.17) is 11.6 Å². The molecule has 2 heterocycles. The van der Waals surface area contributed by atoms with Crippen LogP contribution in [0.25, 0.3) is 0 Å². The zero-order chi connectivity index (χ0) is 12.9. The Morgan fingerprint density at radius 3 is 2.67 bits per heavy atom. The van der Waals surface area contributed by atoms with Crippen molar-refractivity contribution in [2.24, 2.45) is 0 Å².